The van der Waals surface area contributed by atoms with Gasteiger partial charge in [0.25, 0.3) is 0 Å². The van der Waals surface area contributed by atoms with Crippen molar-refractivity contribution in [2.75, 3.05) is 23.3 Å². The fourth-order valence-corrected chi connectivity index (χ4v) is 3.75. The van der Waals surface area contributed by atoms with Gasteiger partial charge in [-0.2, -0.15) is 8.78 Å². The number of halogens is 2. The van der Waals surface area contributed by atoms with Gasteiger partial charge in [0.15, 0.2) is 0 Å². The molecule has 0 bridgehead atoms. The van der Waals surface area contributed by atoms with Gasteiger partial charge >= 0.3 is 12.6 Å². The third-order valence-corrected chi connectivity index (χ3v) is 5.48. The maximum Gasteiger partial charge on any atom is 0.388 e. The van der Waals surface area contributed by atoms with Crippen LogP contribution in [0.5, 0.6) is 5.88 Å². The normalized spacial score (nSPS) is 15.5. The van der Waals surface area contributed by atoms with Crippen LogP contribution in [0.25, 0.3) is 0 Å². The Hall–Kier alpha value is -3.23. The highest BCUT2D eigenvalue weighted by atomic mass is 19.3. The summed E-state index contributed by atoms with van der Waals surface area (Å²) in [6.45, 7) is 5.05. The number of para-hydroxylation sites is 1. The van der Waals surface area contributed by atoms with E-state index in [1.165, 1.54) is 13.0 Å². The van der Waals surface area contributed by atoms with Gasteiger partial charge < -0.3 is 15.0 Å². The number of rotatable bonds is 7. The Kier molecular flexibility index (Phi) is 7.27. The molecule has 1 aliphatic heterocycles. The lowest BCUT2D eigenvalue weighted by atomic mass is 9.98. The maximum absolute atomic E-state index is 13.4. The number of carbonyl (C=O) groups excluding carboxylic acids is 2. The number of urea groups is 1. The largest absolute Gasteiger partial charge is 0.415 e. The molecule has 1 aromatic heterocycles. The SMILES string of the molecule is CC(=O)N1CCC1CN(C(=O)Nc1ccc(C)nc1OC(F)F)c1ccccc1C(C)C. The molecule has 1 aliphatic rings. The molecule has 2 heterocycles. The van der Waals surface area contributed by atoms with E-state index < -0.39 is 12.6 Å². The third kappa shape index (κ3) is 5.33. The van der Waals surface area contributed by atoms with Crippen molar-refractivity contribution < 1.29 is 23.1 Å². The number of pyridine rings is 1. The van der Waals surface area contributed by atoms with Crippen LogP contribution in [-0.4, -0.2) is 47.6 Å². The fourth-order valence-electron chi connectivity index (χ4n) is 3.75. The number of aromatic nitrogens is 1. The topological polar surface area (TPSA) is 74.8 Å². The summed E-state index contributed by atoms with van der Waals surface area (Å²) in [4.78, 5) is 32.5. The van der Waals surface area contributed by atoms with Crippen LogP contribution >= 0.6 is 0 Å². The molecule has 7 nitrogen and oxygen atoms in total. The number of hydrogen-bond donors (Lipinski definition) is 1. The molecule has 0 radical (unpaired) electrons. The zero-order valence-corrected chi connectivity index (χ0v) is 18.6. The standard InChI is InChI=1S/C23H28F2N4O3/c1-14(2)18-7-5-6-8-20(18)29(13-17-11-12-28(17)16(4)30)23(31)27-19-10-9-15(3)26-21(19)32-22(24)25/h5-10,14,17,22H,11-13H2,1-4H3,(H,27,31). The summed E-state index contributed by atoms with van der Waals surface area (Å²) in [6.07, 6.45) is 0.777. The second kappa shape index (κ2) is 9.93. The van der Waals surface area contributed by atoms with Gasteiger partial charge in [0.1, 0.15) is 5.69 Å². The van der Waals surface area contributed by atoms with Gasteiger partial charge in [-0.05, 0) is 43.0 Å². The molecule has 0 aliphatic carbocycles. The summed E-state index contributed by atoms with van der Waals surface area (Å²) in [5.74, 6) is -0.251. The van der Waals surface area contributed by atoms with E-state index in [2.05, 4.69) is 15.0 Å². The van der Waals surface area contributed by atoms with Crippen LogP contribution in [0.4, 0.5) is 25.0 Å². The number of carbonyl (C=O) groups is 2. The van der Waals surface area contributed by atoms with Crippen LogP contribution in [0.2, 0.25) is 0 Å². The molecule has 1 aromatic carbocycles. The molecule has 1 N–H and O–H groups in total. The van der Waals surface area contributed by atoms with E-state index in [-0.39, 0.29) is 36.0 Å². The van der Waals surface area contributed by atoms with Crippen molar-refractivity contribution in [3.63, 3.8) is 0 Å². The summed E-state index contributed by atoms with van der Waals surface area (Å²) < 4.78 is 30.2. The molecule has 2 aromatic rings. The smallest absolute Gasteiger partial charge is 0.388 e. The first-order valence-corrected chi connectivity index (χ1v) is 10.5. The molecular formula is C23H28F2N4O3. The highest BCUT2D eigenvalue weighted by Gasteiger charge is 2.34. The van der Waals surface area contributed by atoms with Gasteiger partial charge in [-0.3, -0.25) is 9.69 Å². The van der Waals surface area contributed by atoms with Crippen LogP contribution in [0.1, 0.15) is 44.4 Å². The van der Waals surface area contributed by atoms with Crippen molar-refractivity contribution in [3.05, 3.63) is 47.7 Å². The minimum atomic E-state index is -3.07. The van der Waals surface area contributed by atoms with Crippen molar-refractivity contribution in [2.45, 2.75) is 52.7 Å². The van der Waals surface area contributed by atoms with Crippen LogP contribution < -0.4 is 15.0 Å². The predicted molar refractivity (Wildman–Crippen MR) is 118 cm³/mol. The summed E-state index contributed by atoms with van der Waals surface area (Å²) in [5, 5.41) is 2.67. The number of anilines is 2. The van der Waals surface area contributed by atoms with Gasteiger partial charge in [0.2, 0.25) is 11.8 Å². The monoisotopic (exact) mass is 446 g/mol. The number of amides is 3. The molecule has 0 saturated carbocycles. The highest BCUT2D eigenvalue weighted by molar-refractivity contribution is 6.03. The van der Waals surface area contributed by atoms with E-state index in [0.717, 1.165) is 12.0 Å². The second-order valence-corrected chi connectivity index (χ2v) is 8.09. The van der Waals surface area contributed by atoms with Gasteiger partial charge in [0, 0.05) is 31.4 Å². The Labute approximate surface area is 186 Å². The molecule has 172 valence electrons. The fraction of sp³-hybridized carbons (Fsp3) is 0.435. The number of aryl methyl sites for hydroxylation is 1. The van der Waals surface area contributed by atoms with E-state index in [9.17, 15) is 18.4 Å². The third-order valence-electron chi connectivity index (χ3n) is 5.48. The Balaban J connectivity index is 1.94. The number of benzene rings is 1. The van der Waals surface area contributed by atoms with E-state index >= 15 is 0 Å². The number of hydrogen-bond acceptors (Lipinski definition) is 4. The van der Waals surface area contributed by atoms with Gasteiger partial charge in [-0.1, -0.05) is 32.0 Å². The van der Waals surface area contributed by atoms with Gasteiger partial charge in [-0.15, -0.1) is 0 Å². The quantitative estimate of drug-likeness (QED) is 0.665. The van der Waals surface area contributed by atoms with E-state index in [4.69, 9.17) is 0 Å². The van der Waals surface area contributed by atoms with Crippen LogP contribution in [0.15, 0.2) is 36.4 Å². The number of nitrogens with zero attached hydrogens (tertiary/aromatic N) is 3. The highest BCUT2D eigenvalue weighted by Crippen LogP contribution is 2.31. The lowest BCUT2D eigenvalue weighted by Gasteiger charge is -2.43. The zero-order valence-electron chi connectivity index (χ0n) is 18.6. The average Bonchev–Trinajstić information content (AvgIpc) is 2.68. The van der Waals surface area contributed by atoms with Crippen LogP contribution in [0, 0.1) is 6.92 Å². The van der Waals surface area contributed by atoms with E-state index in [1.807, 2.05) is 38.1 Å². The minimum Gasteiger partial charge on any atom is -0.415 e. The van der Waals surface area contributed by atoms with Crippen LogP contribution in [-0.2, 0) is 4.79 Å². The first-order valence-electron chi connectivity index (χ1n) is 10.5. The zero-order chi connectivity index (χ0) is 23.4. The molecular weight excluding hydrogens is 418 g/mol. The van der Waals surface area contributed by atoms with Crippen molar-refractivity contribution in [1.29, 1.82) is 0 Å². The minimum absolute atomic E-state index is 0.0463. The number of likely N-dealkylation sites (tertiary alicyclic amines) is 1. The maximum atomic E-state index is 13.4. The van der Waals surface area contributed by atoms with Crippen molar-refractivity contribution >= 4 is 23.3 Å². The first-order chi connectivity index (χ1) is 15.2. The Morgan fingerprint density at radius 3 is 2.56 bits per heavy atom. The lowest BCUT2D eigenvalue weighted by Crippen LogP contribution is -2.56. The average molecular weight is 446 g/mol. The van der Waals surface area contributed by atoms with Crippen molar-refractivity contribution in [2.24, 2.45) is 0 Å². The number of ether oxygens (including phenoxy) is 1. The predicted octanol–water partition coefficient (Wildman–Crippen LogP) is 4.77. The lowest BCUT2D eigenvalue weighted by molar-refractivity contribution is -0.135. The first kappa shape index (κ1) is 23.4. The van der Waals surface area contributed by atoms with Gasteiger partial charge in [0.05, 0.1) is 6.04 Å². The molecule has 1 unspecified atom stereocenters. The molecule has 32 heavy (non-hydrogen) atoms. The molecule has 1 atom stereocenters. The summed E-state index contributed by atoms with van der Waals surface area (Å²) in [7, 11) is 0. The molecule has 9 heteroatoms. The second-order valence-electron chi connectivity index (χ2n) is 8.09. The summed E-state index contributed by atoms with van der Waals surface area (Å²) in [5.41, 5.74) is 2.19. The van der Waals surface area contributed by atoms with Gasteiger partial charge in [-0.25, -0.2) is 9.78 Å². The Morgan fingerprint density at radius 2 is 1.97 bits per heavy atom. The summed E-state index contributed by atoms with van der Waals surface area (Å²) in [6, 6.07) is 9.98. The molecule has 3 amide bonds. The molecule has 3 rings (SSSR count). The van der Waals surface area contributed by atoms with Crippen molar-refractivity contribution in [1.82, 2.24) is 9.88 Å². The number of nitrogens with one attached hydrogen (secondary N) is 1. The van der Waals surface area contributed by atoms with Crippen LogP contribution in [0.3, 0.4) is 0 Å². The summed E-state index contributed by atoms with van der Waals surface area (Å²) >= 11 is 0. The number of alkyl halides is 2. The molecule has 1 saturated heterocycles. The molecule has 1 fully saturated rings. The van der Waals surface area contributed by atoms with E-state index in [0.29, 0.717) is 17.9 Å². The Bertz CT molecular complexity index is 983. The van der Waals surface area contributed by atoms with Crippen molar-refractivity contribution in [3.8, 4) is 5.88 Å². The Morgan fingerprint density at radius 1 is 1.25 bits per heavy atom. The molecule has 0 spiro atoms. The van der Waals surface area contributed by atoms with E-state index in [1.54, 1.807) is 22.8 Å².